The number of benzene rings is 2. The first kappa shape index (κ1) is 30.2. The number of nitrogens with zero attached hydrogens (tertiary/aromatic N) is 1. The van der Waals surface area contributed by atoms with Crippen LogP contribution in [0.15, 0.2) is 90.8 Å². The molecule has 0 spiro atoms. The van der Waals surface area contributed by atoms with Gasteiger partial charge >= 0.3 is 0 Å². The van der Waals surface area contributed by atoms with Crippen LogP contribution in [0.5, 0.6) is 0 Å². The highest BCUT2D eigenvalue weighted by molar-refractivity contribution is 6.99. The van der Waals surface area contributed by atoms with E-state index >= 15 is 0 Å². The normalized spacial score (nSPS) is 14.4. The van der Waals surface area contributed by atoms with Crippen LogP contribution in [0.1, 0.15) is 60.5 Å². The van der Waals surface area contributed by atoms with E-state index in [9.17, 15) is 0 Å². The molecule has 1 aromatic heterocycles. The van der Waals surface area contributed by atoms with Crippen LogP contribution >= 0.6 is 0 Å². The van der Waals surface area contributed by atoms with Crippen LogP contribution in [-0.4, -0.2) is 34.3 Å². The second kappa shape index (κ2) is 12.2. The van der Waals surface area contributed by atoms with E-state index in [4.69, 9.17) is 8.85 Å². The van der Waals surface area contributed by atoms with E-state index < -0.39 is 16.6 Å². The van der Waals surface area contributed by atoms with E-state index in [0.29, 0.717) is 6.61 Å². The van der Waals surface area contributed by atoms with Gasteiger partial charge in [-0.2, -0.15) is 0 Å². The Kier molecular flexibility index (Phi) is 9.74. The minimum absolute atomic E-state index is 0.0840. The molecule has 3 nitrogen and oxygen atoms in total. The molecule has 1 heterocycles. The Labute approximate surface area is 233 Å². The highest BCUT2D eigenvalue weighted by atomic mass is 28.4. The topological polar surface area (TPSA) is 31.4 Å². The maximum absolute atomic E-state index is 7.60. The van der Waals surface area contributed by atoms with Crippen molar-refractivity contribution in [3.05, 3.63) is 96.3 Å². The monoisotopic (exact) mass is 545 g/mol. The summed E-state index contributed by atoms with van der Waals surface area (Å²) in [4.78, 5) is 4.20. The lowest BCUT2D eigenvalue weighted by molar-refractivity contribution is 0.173. The molecule has 38 heavy (non-hydrogen) atoms. The predicted molar refractivity (Wildman–Crippen MR) is 168 cm³/mol. The smallest absolute Gasteiger partial charge is 0.261 e. The van der Waals surface area contributed by atoms with Crippen molar-refractivity contribution in [1.82, 2.24) is 4.98 Å². The van der Waals surface area contributed by atoms with Crippen LogP contribution < -0.4 is 10.4 Å². The van der Waals surface area contributed by atoms with Gasteiger partial charge < -0.3 is 8.85 Å². The molecule has 0 bridgehead atoms. The minimum atomic E-state index is -2.72. The van der Waals surface area contributed by atoms with E-state index in [1.165, 1.54) is 15.9 Å². The first-order valence-electron chi connectivity index (χ1n) is 13.8. The van der Waals surface area contributed by atoms with Crippen molar-refractivity contribution < 1.29 is 8.85 Å². The van der Waals surface area contributed by atoms with Gasteiger partial charge in [0.15, 0.2) is 8.32 Å². The Morgan fingerprint density at radius 2 is 1.29 bits per heavy atom. The van der Waals surface area contributed by atoms with Crippen molar-refractivity contribution in [3.8, 4) is 0 Å². The maximum Gasteiger partial charge on any atom is 0.261 e. The predicted octanol–water partition coefficient (Wildman–Crippen LogP) is 7.84. The van der Waals surface area contributed by atoms with Gasteiger partial charge in [-0.3, -0.25) is 4.98 Å². The third-order valence-electron chi connectivity index (χ3n) is 7.99. The lowest BCUT2D eigenvalue weighted by Crippen LogP contribution is -2.67. The summed E-state index contributed by atoms with van der Waals surface area (Å²) in [6.07, 6.45) is 6.66. The summed E-state index contributed by atoms with van der Waals surface area (Å²) in [6, 6.07) is 25.9. The molecule has 0 saturated carbocycles. The quantitative estimate of drug-likeness (QED) is 0.243. The molecule has 5 heteroatoms. The van der Waals surface area contributed by atoms with E-state index in [0.717, 1.165) is 12.0 Å². The van der Waals surface area contributed by atoms with Crippen LogP contribution in [0.3, 0.4) is 0 Å². The van der Waals surface area contributed by atoms with Gasteiger partial charge in [0.1, 0.15) is 0 Å². The first-order valence-corrected chi connectivity index (χ1v) is 18.6. The van der Waals surface area contributed by atoms with E-state index in [1.807, 2.05) is 12.4 Å². The van der Waals surface area contributed by atoms with Gasteiger partial charge in [-0.05, 0) is 70.2 Å². The summed E-state index contributed by atoms with van der Waals surface area (Å²) in [6.45, 7) is 21.4. The number of hydrogen-bond donors (Lipinski definition) is 0. The lowest BCUT2D eigenvalue weighted by atomic mass is 10.1. The van der Waals surface area contributed by atoms with E-state index in [1.54, 1.807) is 0 Å². The molecule has 0 radical (unpaired) electrons. The van der Waals surface area contributed by atoms with Gasteiger partial charge in [-0.25, -0.2) is 0 Å². The van der Waals surface area contributed by atoms with Gasteiger partial charge in [0, 0.05) is 19.0 Å². The molecule has 0 aliphatic carbocycles. The summed E-state index contributed by atoms with van der Waals surface area (Å²) >= 11 is 0. The van der Waals surface area contributed by atoms with Crippen LogP contribution in [0, 0.1) is 0 Å². The maximum atomic E-state index is 7.60. The molecule has 0 amide bonds. The molecule has 3 rings (SSSR count). The summed E-state index contributed by atoms with van der Waals surface area (Å²) in [5.74, 6) is 0. The largest absolute Gasteiger partial charge is 0.417 e. The number of hydrogen-bond acceptors (Lipinski definition) is 3. The zero-order chi connectivity index (χ0) is 28.0. The molecule has 1 atom stereocenters. The second-order valence-electron chi connectivity index (χ2n) is 12.8. The van der Waals surface area contributed by atoms with Crippen molar-refractivity contribution in [2.45, 2.75) is 84.2 Å². The fourth-order valence-electron chi connectivity index (χ4n) is 4.74. The molecule has 2 aromatic carbocycles. The number of rotatable bonds is 10. The van der Waals surface area contributed by atoms with Gasteiger partial charge in [-0.15, -0.1) is 0 Å². The third-order valence-corrected chi connectivity index (χ3v) is 17.6. The lowest BCUT2D eigenvalue weighted by Gasteiger charge is -2.45. The Hall–Kier alpha value is -2.32. The Balaban J connectivity index is 2.10. The zero-order valence-corrected chi connectivity index (χ0v) is 26.9. The summed E-state index contributed by atoms with van der Waals surface area (Å²) in [7, 11) is -4.60. The third kappa shape index (κ3) is 7.00. The molecule has 0 saturated heterocycles. The Morgan fingerprint density at radius 1 is 0.789 bits per heavy atom. The van der Waals surface area contributed by atoms with Gasteiger partial charge in [0.2, 0.25) is 0 Å². The van der Waals surface area contributed by atoms with Crippen molar-refractivity contribution in [1.29, 1.82) is 0 Å². The molecular weight excluding hydrogens is 499 g/mol. The first-order chi connectivity index (χ1) is 17.8. The minimum Gasteiger partial charge on any atom is -0.417 e. The fourth-order valence-corrected chi connectivity index (χ4v) is 10.5. The zero-order valence-electron chi connectivity index (χ0n) is 24.9. The standard InChI is InChI=1S/C33H47NO2Si2/c1-27(26-28-20-23-34-24-21-28)31(22-25-35-37(8,9)32(2,3)4)36-38(33(5,6)7,29-16-12-10-13-17-29)30-18-14-11-15-19-30/h10-21,23-24,26,31H,22,25H2,1-9H3. The van der Waals surface area contributed by atoms with Gasteiger partial charge in [0.25, 0.3) is 8.32 Å². The molecular formula is C33H47NO2Si2. The molecule has 0 N–H and O–H groups in total. The average Bonchev–Trinajstić information content (AvgIpc) is 2.86. The number of aromatic nitrogens is 1. The van der Waals surface area contributed by atoms with E-state index in [2.05, 4.69) is 145 Å². The number of pyridine rings is 1. The fraction of sp³-hybridized carbons (Fsp3) is 0.424. The van der Waals surface area contributed by atoms with E-state index in [-0.39, 0.29) is 16.2 Å². The van der Waals surface area contributed by atoms with Crippen molar-refractivity contribution >= 4 is 33.1 Å². The van der Waals surface area contributed by atoms with Crippen LogP contribution in [0.4, 0.5) is 0 Å². The van der Waals surface area contributed by atoms with Crippen LogP contribution in [-0.2, 0) is 8.85 Å². The Morgan fingerprint density at radius 3 is 1.74 bits per heavy atom. The van der Waals surface area contributed by atoms with Gasteiger partial charge in [-0.1, -0.05) is 108 Å². The average molecular weight is 546 g/mol. The SMILES string of the molecule is CC(=Cc1ccncc1)C(CCO[Si](C)(C)C(C)(C)C)O[Si](c1ccccc1)(c1ccccc1)C(C)(C)C. The summed E-state index contributed by atoms with van der Waals surface area (Å²) < 4.78 is 14.3. The Bertz CT molecular complexity index is 1120. The van der Waals surface area contributed by atoms with Crippen molar-refractivity contribution in [3.63, 3.8) is 0 Å². The van der Waals surface area contributed by atoms with Crippen molar-refractivity contribution in [2.75, 3.05) is 6.61 Å². The molecule has 0 aliphatic rings. The summed E-state index contributed by atoms with van der Waals surface area (Å²) in [5, 5.41) is 2.67. The van der Waals surface area contributed by atoms with Gasteiger partial charge in [0.05, 0.1) is 6.10 Å². The highest BCUT2D eigenvalue weighted by Gasteiger charge is 2.51. The molecule has 0 fully saturated rings. The van der Waals surface area contributed by atoms with Crippen molar-refractivity contribution in [2.24, 2.45) is 0 Å². The second-order valence-corrected chi connectivity index (χ2v) is 21.9. The van der Waals surface area contributed by atoms with Crippen LogP contribution in [0.2, 0.25) is 23.2 Å². The highest BCUT2D eigenvalue weighted by Crippen LogP contribution is 2.40. The van der Waals surface area contributed by atoms with Crippen LogP contribution in [0.25, 0.3) is 6.08 Å². The molecule has 1 unspecified atom stereocenters. The summed E-state index contributed by atoms with van der Waals surface area (Å²) in [5.41, 5.74) is 2.35. The molecule has 3 aromatic rings. The molecule has 204 valence electrons. The molecule has 0 aliphatic heterocycles.